The van der Waals surface area contributed by atoms with Crippen LogP contribution in [0, 0.1) is 0 Å². The summed E-state index contributed by atoms with van der Waals surface area (Å²) in [4.78, 5) is 13.6. The number of hydrogen-bond donors (Lipinski definition) is 0. The predicted molar refractivity (Wildman–Crippen MR) is 69.9 cm³/mol. The predicted octanol–water partition coefficient (Wildman–Crippen LogP) is 2.23. The molecule has 0 N–H and O–H groups in total. The highest BCUT2D eigenvalue weighted by Crippen LogP contribution is 2.10. The fourth-order valence-corrected chi connectivity index (χ4v) is 1.93. The number of allylic oxidation sites excluding steroid dienone is 1. The average Bonchev–Trinajstić information content (AvgIpc) is 2.94. The maximum Gasteiger partial charge on any atom is 0.434 e. The Labute approximate surface area is 110 Å². The molecule has 1 amide bonds. The van der Waals surface area contributed by atoms with Crippen molar-refractivity contribution < 1.29 is 9.53 Å². The highest BCUT2D eigenvalue weighted by molar-refractivity contribution is 5.80. The first-order valence-corrected chi connectivity index (χ1v) is 6.04. The van der Waals surface area contributed by atoms with Gasteiger partial charge in [0.05, 0.1) is 11.9 Å². The molecule has 5 nitrogen and oxygen atoms in total. The van der Waals surface area contributed by atoms with Crippen molar-refractivity contribution in [3.05, 3.63) is 66.1 Å². The van der Waals surface area contributed by atoms with Crippen LogP contribution in [-0.4, -0.2) is 16.0 Å². The van der Waals surface area contributed by atoms with Crippen LogP contribution >= 0.6 is 0 Å². The van der Waals surface area contributed by atoms with Gasteiger partial charge in [0, 0.05) is 12.6 Å². The number of benzene rings is 1. The standard InChI is InChI=1S/C14H13N3O2/c18-14(19-11-12-5-2-1-3-6-12)16-10-4-7-13-8-9-15-17(13)16/h1-6,8-10H,7,11H2. The van der Waals surface area contributed by atoms with Gasteiger partial charge in [0.15, 0.2) is 0 Å². The first-order chi connectivity index (χ1) is 9.34. The van der Waals surface area contributed by atoms with Crippen molar-refractivity contribution in [3.63, 3.8) is 0 Å². The molecule has 2 heterocycles. The van der Waals surface area contributed by atoms with Gasteiger partial charge in [-0.15, -0.1) is 0 Å². The number of fused-ring (bicyclic) bond motifs is 1. The van der Waals surface area contributed by atoms with E-state index in [0.29, 0.717) is 0 Å². The zero-order chi connectivity index (χ0) is 13.1. The fourth-order valence-electron chi connectivity index (χ4n) is 1.93. The largest absolute Gasteiger partial charge is 0.443 e. The van der Waals surface area contributed by atoms with Gasteiger partial charge < -0.3 is 4.74 Å². The Morgan fingerprint density at radius 1 is 1.26 bits per heavy atom. The van der Waals surface area contributed by atoms with Crippen molar-refractivity contribution >= 4 is 6.09 Å². The molecule has 0 saturated carbocycles. The quantitative estimate of drug-likeness (QED) is 0.826. The van der Waals surface area contributed by atoms with Crippen LogP contribution in [0.25, 0.3) is 0 Å². The molecule has 3 rings (SSSR count). The zero-order valence-corrected chi connectivity index (χ0v) is 10.3. The van der Waals surface area contributed by atoms with Crippen LogP contribution < -0.4 is 5.01 Å². The van der Waals surface area contributed by atoms with Crippen LogP contribution in [0.3, 0.4) is 0 Å². The number of aromatic nitrogens is 2. The minimum Gasteiger partial charge on any atom is -0.443 e. The monoisotopic (exact) mass is 255 g/mol. The number of carbonyl (C=O) groups excluding carboxylic acids is 1. The minimum atomic E-state index is -0.440. The van der Waals surface area contributed by atoms with Crippen molar-refractivity contribution in [2.75, 3.05) is 5.01 Å². The van der Waals surface area contributed by atoms with E-state index in [-0.39, 0.29) is 6.61 Å². The van der Waals surface area contributed by atoms with E-state index < -0.39 is 6.09 Å². The molecule has 2 aromatic rings. The number of rotatable bonds is 2. The lowest BCUT2D eigenvalue weighted by Gasteiger charge is -2.22. The molecule has 1 aromatic heterocycles. The third-order valence-electron chi connectivity index (χ3n) is 2.87. The van der Waals surface area contributed by atoms with E-state index in [9.17, 15) is 4.79 Å². The molecular weight excluding hydrogens is 242 g/mol. The van der Waals surface area contributed by atoms with Gasteiger partial charge in [0.1, 0.15) is 6.61 Å². The molecule has 0 aliphatic carbocycles. The molecule has 0 unspecified atom stereocenters. The van der Waals surface area contributed by atoms with E-state index in [1.165, 1.54) is 5.01 Å². The molecule has 0 fully saturated rings. The van der Waals surface area contributed by atoms with Gasteiger partial charge in [0.25, 0.3) is 0 Å². The van der Waals surface area contributed by atoms with E-state index in [2.05, 4.69) is 5.10 Å². The van der Waals surface area contributed by atoms with Gasteiger partial charge in [-0.25, -0.2) is 4.79 Å². The normalized spacial score (nSPS) is 13.2. The third kappa shape index (κ3) is 2.35. The smallest absolute Gasteiger partial charge is 0.434 e. The zero-order valence-electron chi connectivity index (χ0n) is 10.3. The van der Waals surface area contributed by atoms with Gasteiger partial charge in [-0.1, -0.05) is 36.4 Å². The summed E-state index contributed by atoms with van der Waals surface area (Å²) in [6.07, 6.45) is 5.57. The fraction of sp³-hybridized carbons (Fsp3) is 0.143. The molecule has 0 radical (unpaired) electrons. The SMILES string of the molecule is O=C(OCc1ccccc1)N1C=CCc2ccnn21. The second-order valence-corrected chi connectivity index (χ2v) is 4.19. The van der Waals surface area contributed by atoms with E-state index in [1.807, 2.05) is 42.5 Å². The number of carbonyl (C=O) groups is 1. The van der Waals surface area contributed by atoms with Crippen molar-refractivity contribution in [2.45, 2.75) is 13.0 Å². The van der Waals surface area contributed by atoms with Crippen LogP contribution in [0.5, 0.6) is 0 Å². The summed E-state index contributed by atoms with van der Waals surface area (Å²) in [5.41, 5.74) is 1.91. The first-order valence-electron chi connectivity index (χ1n) is 6.04. The maximum absolute atomic E-state index is 12.0. The van der Waals surface area contributed by atoms with E-state index >= 15 is 0 Å². The lowest BCUT2D eigenvalue weighted by Crippen LogP contribution is -2.39. The van der Waals surface area contributed by atoms with Crippen LogP contribution in [0.2, 0.25) is 0 Å². The Morgan fingerprint density at radius 3 is 2.95 bits per heavy atom. The lowest BCUT2D eigenvalue weighted by molar-refractivity contribution is 0.142. The Bertz CT molecular complexity index is 604. The summed E-state index contributed by atoms with van der Waals surface area (Å²) in [7, 11) is 0. The second kappa shape index (κ2) is 4.97. The van der Waals surface area contributed by atoms with Gasteiger partial charge in [-0.3, -0.25) is 0 Å². The maximum atomic E-state index is 12.0. The Kier molecular flexibility index (Phi) is 3.02. The molecule has 1 aliphatic rings. The molecule has 0 atom stereocenters. The van der Waals surface area contributed by atoms with Crippen LogP contribution in [0.15, 0.2) is 54.9 Å². The van der Waals surface area contributed by atoms with Crippen molar-refractivity contribution in [3.8, 4) is 0 Å². The topological polar surface area (TPSA) is 47.4 Å². The summed E-state index contributed by atoms with van der Waals surface area (Å²) in [6, 6.07) is 11.5. The first kappa shape index (κ1) is 11.5. The van der Waals surface area contributed by atoms with Crippen LogP contribution in [-0.2, 0) is 17.8 Å². The summed E-state index contributed by atoms with van der Waals surface area (Å²) in [5, 5.41) is 5.47. The second-order valence-electron chi connectivity index (χ2n) is 4.19. The van der Waals surface area contributed by atoms with E-state index in [0.717, 1.165) is 17.7 Å². The van der Waals surface area contributed by atoms with Crippen molar-refractivity contribution in [1.29, 1.82) is 0 Å². The molecule has 19 heavy (non-hydrogen) atoms. The van der Waals surface area contributed by atoms with Gasteiger partial charge >= 0.3 is 6.09 Å². The Balaban J connectivity index is 1.68. The molecular formula is C14H13N3O2. The summed E-state index contributed by atoms with van der Waals surface area (Å²) >= 11 is 0. The Morgan fingerprint density at radius 2 is 2.11 bits per heavy atom. The van der Waals surface area contributed by atoms with Crippen LogP contribution in [0.1, 0.15) is 11.3 Å². The molecule has 1 aromatic carbocycles. The summed E-state index contributed by atoms with van der Waals surface area (Å²) in [6.45, 7) is 0.251. The summed E-state index contributed by atoms with van der Waals surface area (Å²) < 4.78 is 5.27. The highest BCUT2D eigenvalue weighted by atomic mass is 16.6. The highest BCUT2D eigenvalue weighted by Gasteiger charge is 2.20. The van der Waals surface area contributed by atoms with Crippen LogP contribution in [0.4, 0.5) is 4.79 Å². The molecule has 0 saturated heterocycles. The molecule has 0 bridgehead atoms. The number of hydrogen-bond acceptors (Lipinski definition) is 3. The van der Waals surface area contributed by atoms with Gasteiger partial charge in [-0.2, -0.15) is 14.9 Å². The minimum absolute atomic E-state index is 0.251. The number of nitrogens with zero attached hydrogens (tertiary/aromatic N) is 3. The lowest BCUT2D eigenvalue weighted by atomic mass is 10.2. The average molecular weight is 255 g/mol. The molecule has 0 spiro atoms. The molecule has 1 aliphatic heterocycles. The van der Waals surface area contributed by atoms with Crippen molar-refractivity contribution in [2.24, 2.45) is 0 Å². The van der Waals surface area contributed by atoms with Gasteiger partial charge in [0.2, 0.25) is 0 Å². The molecule has 5 heteroatoms. The third-order valence-corrected chi connectivity index (χ3v) is 2.87. The van der Waals surface area contributed by atoms with Gasteiger partial charge in [-0.05, 0) is 11.6 Å². The summed E-state index contributed by atoms with van der Waals surface area (Å²) in [5.74, 6) is 0. The van der Waals surface area contributed by atoms with E-state index in [4.69, 9.17) is 4.74 Å². The number of ether oxygens (including phenoxy) is 1. The number of amides is 1. The Hall–Kier alpha value is -2.56. The molecule has 96 valence electrons. The van der Waals surface area contributed by atoms with Crippen molar-refractivity contribution in [1.82, 2.24) is 9.89 Å². The van der Waals surface area contributed by atoms with E-state index in [1.54, 1.807) is 17.2 Å².